The second kappa shape index (κ2) is 5.57. The number of carbonyl (C=O) groups excluding carboxylic acids is 1. The van der Waals surface area contributed by atoms with Crippen molar-refractivity contribution < 1.29 is 9.53 Å². The van der Waals surface area contributed by atoms with Crippen molar-refractivity contribution in [3.8, 4) is 0 Å². The molecule has 1 heterocycles. The smallest absolute Gasteiger partial charge is 0.223 e. The summed E-state index contributed by atoms with van der Waals surface area (Å²) in [5, 5.41) is 3.21. The Kier molecular flexibility index (Phi) is 4.28. The van der Waals surface area contributed by atoms with Gasteiger partial charge in [0.15, 0.2) is 0 Å². The first kappa shape index (κ1) is 13.8. The van der Waals surface area contributed by atoms with Gasteiger partial charge in [-0.05, 0) is 58.4 Å². The molecule has 1 saturated carbocycles. The lowest BCUT2D eigenvalue weighted by Crippen LogP contribution is -2.52. The molecule has 0 aromatic rings. The zero-order valence-corrected chi connectivity index (χ0v) is 11.6. The number of nitrogens with two attached hydrogens (primary N) is 1. The van der Waals surface area contributed by atoms with Crippen LogP contribution in [0.15, 0.2) is 0 Å². The Labute approximate surface area is 110 Å². The average molecular weight is 254 g/mol. The zero-order chi connectivity index (χ0) is 13.2. The van der Waals surface area contributed by atoms with Crippen LogP contribution < -0.4 is 11.1 Å². The third-order valence-electron chi connectivity index (χ3n) is 4.85. The number of rotatable bonds is 3. The molecule has 2 fully saturated rings. The minimum absolute atomic E-state index is 0.113. The minimum Gasteiger partial charge on any atom is -0.376 e. The molecule has 2 atom stereocenters. The fourth-order valence-electron chi connectivity index (χ4n) is 3.04. The SMILES string of the molecule is CC1OCCC1(C)NC(=O)C1CCC(CN)CC1. The lowest BCUT2D eigenvalue weighted by molar-refractivity contribution is -0.128. The number of ether oxygens (including phenoxy) is 1. The van der Waals surface area contributed by atoms with E-state index in [1.54, 1.807) is 0 Å². The van der Waals surface area contributed by atoms with Crippen LogP contribution in [-0.4, -0.2) is 30.7 Å². The fourth-order valence-corrected chi connectivity index (χ4v) is 3.04. The van der Waals surface area contributed by atoms with Gasteiger partial charge in [-0.1, -0.05) is 0 Å². The van der Waals surface area contributed by atoms with Gasteiger partial charge in [-0.15, -0.1) is 0 Å². The monoisotopic (exact) mass is 254 g/mol. The van der Waals surface area contributed by atoms with Crippen molar-refractivity contribution in [2.24, 2.45) is 17.6 Å². The van der Waals surface area contributed by atoms with Crippen molar-refractivity contribution in [2.45, 2.75) is 57.6 Å². The topological polar surface area (TPSA) is 64.3 Å². The number of carbonyl (C=O) groups is 1. The Morgan fingerprint density at radius 2 is 2.06 bits per heavy atom. The van der Waals surface area contributed by atoms with Gasteiger partial charge in [0.05, 0.1) is 11.6 Å². The standard InChI is InChI=1S/C14H26N2O2/c1-10-14(2,7-8-18-10)16-13(17)12-5-3-11(9-15)4-6-12/h10-12H,3-9,15H2,1-2H3,(H,16,17). The summed E-state index contributed by atoms with van der Waals surface area (Å²) in [7, 11) is 0. The summed E-state index contributed by atoms with van der Waals surface area (Å²) in [6.07, 6.45) is 5.19. The second-order valence-electron chi connectivity index (χ2n) is 6.12. The maximum Gasteiger partial charge on any atom is 0.223 e. The molecular formula is C14H26N2O2. The number of amides is 1. The molecule has 1 amide bonds. The Morgan fingerprint density at radius 3 is 2.56 bits per heavy atom. The first-order valence-electron chi connectivity index (χ1n) is 7.19. The summed E-state index contributed by atoms with van der Waals surface area (Å²) in [6.45, 7) is 5.64. The van der Waals surface area contributed by atoms with E-state index in [2.05, 4.69) is 12.2 Å². The van der Waals surface area contributed by atoms with Crippen molar-refractivity contribution in [1.29, 1.82) is 0 Å². The fraction of sp³-hybridized carbons (Fsp3) is 0.929. The summed E-state index contributed by atoms with van der Waals surface area (Å²) < 4.78 is 5.56. The third kappa shape index (κ3) is 2.86. The molecule has 0 aromatic heterocycles. The Hall–Kier alpha value is -0.610. The van der Waals surface area contributed by atoms with E-state index >= 15 is 0 Å². The number of hydrogen-bond donors (Lipinski definition) is 2. The maximum absolute atomic E-state index is 12.3. The van der Waals surface area contributed by atoms with Gasteiger partial charge < -0.3 is 15.8 Å². The quantitative estimate of drug-likeness (QED) is 0.801. The maximum atomic E-state index is 12.3. The van der Waals surface area contributed by atoms with E-state index in [1.165, 1.54) is 0 Å². The first-order valence-corrected chi connectivity index (χ1v) is 7.19. The third-order valence-corrected chi connectivity index (χ3v) is 4.85. The highest BCUT2D eigenvalue weighted by Gasteiger charge is 2.39. The normalized spacial score (nSPS) is 40.7. The molecular weight excluding hydrogens is 228 g/mol. The largest absolute Gasteiger partial charge is 0.376 e. The highest BCUT2D eigenvalue weighted by atomic mass is 16.5. The molecule has 2 unspecified atom stereocenters. The van der Waals surface area contributed by atoms with Crippen molar-refractivity contribution in [3.05, 3.63) is 0 Å². The van der Waals surface area contributed by atoms with Crippen molar-refractivity contribution >= 4 is 5.91 Å². The van der Waals surface area contributed by atoms with Crippen molar-refractivity contribution in [3.63, 3.8) is 0 Å². The summed E-state index contributed by atoms with van der Waals surface area (Å²) in [6, 6.07) is 0. The molecule has 18 heavy (non-hydrogen) atoms. The van der Waals surface area contributed by atoms with Crippen LogP contribution in [0.25, 0.3) is 0 Å². The van der Waals surface area contributed by atoms with E-state index in [0.717, 1.165) is 45.3 Å². The van der Waals surface area contributed by atoms with E-state index < -0.39 is 0 Å². The molecule has 1 saturated heterocycles. The molecule has 0 radical (unpaired) electrons. The van der Waals surface area contributed by atoms with Gasteiger partial charge in [-0.25, -0.2) is 0 Å². The predicted octanol–water partition coefficient (Wildman–Crippen LogP) is 1.44. The van der Waals surface area contributed by atoms with Crippen LogP contribution in [0.5, 0.6) is 0 Å². The summed E-state index contributed by atoms with van der Waals surface area (Å²) >= 11 is 0. The van der Waals surface area contributed by atoms with Crippen LogP contribution in [0.1, 0.15) is 46.0 Å². The van der Waals surface area contributed by atoms with Crippen LogP contribution >= 0.6 is 0 Å². The van der Waals surface area contributed by atoms with E-state index in [-0.39, 0.29) is 23.5 Å². The average Bonchev–Trinajstić information content (AvgIpc) is 2.69. The summed E-state index contributed by atoms with van der Waals surface area (Å²) in [5.74, 6) is 1.01. The molecule has 0 bridgehead atoms. The highest BCUT2D eigenvalue weighted by Crippen LogP contribution is 2.30. The van der Waals surface area contributed by atoms with Gasteiger partial charge in [0.25, 0.3) is 0 Å². The molecule has 0 aromatic carbocycles. The van der Waals surface area contributed by atoms with Gasteiger partial charge in [0.2, 0.25) is 5.91 Å². The molecule has 4 heteroatoms. The minimum atomic E-state index is -0.179. The predicted molar refractivity (Wildman–Crippen MR) is 71.1 cm³/mol. The summed E-state index contributed by atoms with van der Waals surface area (Å²) in [5.41, 5.74) is 5.50. The molecule has 0 spiro atoms. The van der Waals surface area contributed by atoms with Crippen LogP contribution in [0.4, 0.5) is 0 Å². The van der Waals surface area contributed by atoms with E-state index in [4.69, 9.17) is 10.5 Å². The Bertz CT molecular complexity index is 300. The van der Waals surface area contributed by atoms with E-state index in [1.807, 2.05) is 6.92 Å². The van der Waals surface area contributed by atoms with E-state index in [0.29, 0.717) is 5.92 Å². The molecule has 1 aliphatic carbocycles. The molecule has 1 aliphatic heterocycles. The highest BCUT2D eigenvalue weighted by molar-refractivity contribution is 5.79. The van der Waals surface area contributed by atoms with Crippen LogP contribution in [-0.2, 0) is 9.53 Å². The molecule has 3 N–H and O–H groups in total. The molecule has 104 valence electrons. The van der Waals surface area contributed by atoms with Crippen LogP contribution in [0, 0.1) is 11.8 Å². The second-order valence-corrected chi connectivity index (χ2v) is 6.12. The van der Waals surface area contributed by atoms with Gasteiger partial charge in [-0.3, -0.25) is 4.79 Å². The van der Waals surface area contributed by atoms with Gasteiger partial charge in [-0.2, -0.15) is 0 Å². The van der Waals surface area contributed by atoms with E-state index in [9.17, 15) is 4.79 Å². The Balaban J connectivity index is 1.85. The van der Waals surface area contributed by atoms with Gasteiger partial charge in [0, 0.05) is 12.5 Å². The lowest BCUT2D eigenvalue weighted by Gasteiger charge is -2.33. The van der Waals surface area contributed by atoms with Gasteiger partial charge in [0.1, 0.15) is 0 Å². The summed E-state index contributed by atoms with van der Waals surface area (Å²) in [4.78, 5) is 12.3. The number of nitrogens with one attached hydrogen (secondary N) is 1. The first-order chi connectivity index (χ1) is 8.55. The van der Waals surface area contributed by atoms with Crippen molar-refractivity contribution in [1.82, 2.24) is 5.32 Å². The zero-order valence-electron chi connectivity index (χ0n) is 11.6. The van der Waals surface area contributed by atoms with Crippen LogP contribution in [0.3, 0.4) is 0 Å². The molecule has 2 aliphatic rings. The van der Waals surface area contributed by atoms with Crippen LogP contribution in [0.2, 0.25) is 0 Å². The van der Waals surface area contributed by atoms with Gasteiger partial charge >= 0.3 is 0 Å². The lowest BCUT2D eigenvalue weighted by atomic mass is 9.81. The number of hydrogen-bond acceptors (Lipinski definition) is 3. The van der Waals surface area contributed by atoms with Crippen molar-refractivity contribution in [2.75, 3.05) is 13.2 Å². The Morgan fingerprint density at radius 1 is 1.39 bits per heavy atom. The molecule has 4 nitrogen and oxygen atoms in total. The molecule has 2 rings (SSSR count).